The van der Waals surface area contributed by atoms with Crippen molar-refractivity contribution in [2.45, 2.75) is 19.3 Å². The molecule has 0 saturated carbocycles. The van der Waals surface area contributed by atoms with Crippen molar-refractivity contribution < 1.29 is 0 Å². The van der Waals surface area contributed by atoms with Crippen LogP contribution in [0.1, 0.15) is 30.5 Å². The second-order valence-electron chi connectivity index (χ2n) is 13.8. The molecule has 0 nitrogen and oxygen atoms in total. The van der Waals surface area contributed by atoms with Crippen LogP contribution >= 0.6 is 0 Å². The SMILES string of the molecule is CC1(C)C=CC(c2cccc3c(-c4ccc5ccc(-c6cc7ccccc7c7ccccc67)cc5c4)cccc23)=CC=Cc2ccccc21. The van der Waals surface area contributed by atoms with Gasteiger partial charge in [-0.15, -0.1) is 0 Å². The van der Waals surface area contributed by atoms with Crippen LogP contribution in [-0.2, 0) is 5.41 Å². The van der Waals surface area contributed by atoms with Crippen LogP contribution in [-0.4, -0.2) is 0 Å². The van der Waals surface area contributed by atoms with E-state index in [1.807, 2.05) is 0 Å². The first-order chi connectivity index (χ1) is 24.0. The van der Waals surface area contributed by atoms with Gasteiger partial charge in [0.25, 0.3) is 0 Å². The molecule has 0 saturated heterocycles. The topological polar surface area (TPSA) is 0 Å². The van der Waals surface area contributed by atoms with E-state index in [4.69, 9.17) is 0 Å². The maximum Gasteiger partial charge on any atom is 0.00845 e. The first-order valence-electron chi connectivity index (χ1n) is 17.2. The van der Waals surface area contributed by atoms with E-state index in [2.05, 4.69) is 196 Å². The number of allylic oxidation sites excluding steroid dienone is 5. The minimum atomic E-state index is -0.0941. The van der Waals surface area contributed by atoms with Crippen molar-refractivity contribution in [3.63, 3.8) is 0 Å². The van der Waals surface area contributed by atoms with Gasteiger partial charge in [0.15, 0.2) is 0 Å². The predicted molar refractivity (Wildman–Crippen MR) is 213 cm³/mol. The van der Waals surface area contributed by atoms with Crippen LogP contribution in [0.5, 0.6) is 0 Å². The van der Waals surface area contributed by atoms with Gasteiger partial charge >= 0.3 is 0 Å². The molecule has 0 aromatic heterocycles. The fraction of sp³-hybridized carbons (Fsp3) is 0.0612. The Morgan fingerprint density at radius 2 is 1.02 bits per heavy atom. The number of fused-ring (bicyclic) bond motifs is 6. The van der Waals surface area contributed by atoms with Crippen LogP contribution in [0.25, 0.3) is 77.0 Å². The van der Waals surface area contributed by atoms with E-state index in [-0.39, 0.29) is 5.41 Å². The molecule has 0 atom stereocenters. The molecule has 0 bridgehead atoms. The number of hydrogen-bond acceptors (Lipinski definition) is 0. The molecule has 0 amide bonds. The lowest BCUT2D eigenvalue weighted by atomic mass is 9.81. The van der Waals surface area contributed by atoms with Crippen LogP contribution in [0.4, 0.5) is 0 Å². The summed E-state index contributed by atoms with van der Waals surface area (Å²) < 4.78 is 0. The summed E-state index contributed by atoms with van der Waals surface area (Å²) in [4.78, 5) is 0. The fourth-order valence-electron chi connectivity index (χ4n) is 7.80. The monoisotopic (exact) mass is 624 g/mol. The van der Waals surface area contributed by atoms with E-state index >= 15 is 0 Å². The average Bonchev–Trinajstić information content (AvgIpc) is 3.21. The zero-order chi connectivity index (χ0) is 33.0. The third-order valence-electron chi connectivity index (χ3n) is 10.3. The van der Waals surface area contributed by atoms with Gasteiger partial charge in [0.05, 0.1) is 0 Å². The zero-order valence-corrected chi connectivity index (χ0v) is 27.8. The van der Waals surface area contributed by atoms with Crippen LogP contribution in [0.15, 0.2) is 176 Å². The molecule has 0 heteroatoms. The van der Waals surface area contributed by atoms with Gasteiger partial charge in [-0.1, -0.05) is 178 Å². The lowest BCUT2D eigenvalue weighted by molar-refractivity contribution is 0.669. The Morgan fingerprint density at radius 1 is 0.408 bits per heavy atom. The fourth-order valence-corrected chi connectivity index (χ4v) is 7.80. The van der Waals surface area contributed by atoms with E-state index < -0.39 is 0 Å². The van der Waals surface area contributed by atoms with Crippen molar-refractivity contribution in [3.05, 3.63) is 193 Å². The Hall–Kier alpha value is -5.98. The molecule has 9 rings (SSSR count). The minimum absolute atomic E-state index is 0.0941. The Kier molecular flexibility index (Phi) is 6.92. The molecule has 232 valence electrons. The van der Waals surface area contributed by atoms with E-state index in [1.165, 1.54) is 87.6 Å². The zero-order valence-electron chi connectivity index (χ0n) is 27.8. The van der Waals surface area contributed by atoms with Crippen LogP contribution in [0.3, 0.4) is 0 Å². The number of benzene rings is 8. The summed E-state index contributed by atoms with van der Waals surface area (Å²) >= 11 is 0. The molecule has 8 aromatic carbocycles. The standard InChI is InChI=1S/C49H36/c1-49(2)29-28-34(14-9-15-35-12-4-8-23-48(35)49)40-19-10-22-45-42(20-11-21-44(40)45)37-26-24-33-25-27-38(31-39(33)30-37)47-32-36-13-3-5-16-41(36)43-17-6-7-18-46(43)47/h3-32H,1-2H3. The van der Waals surface area contributed by atoms with Gasteiger partial charge < -0.3 is 0 Å². The van der Waals surface area contributed by atoms with Crippen LogP contribution in [0, 0.1) is 0 Å². The molecular formula is C49H36. The Morgan fingerprint density at radius 3 is 1.84 bits per heavy atom. The first kappa shape index (κ1) is 29.2. The molecule has 1 aliphatic carbocycles. The highest BCUT2D eigenvalue weighted by atomic mass is 14.2. The highest BCUT2D eigenvalue weighted by molar-refractivity contribution is 6.14. The molecule has 0 spiro atoms. The number of rotatable bonds is 3. The van der Waals surface area contributed by atoms with Crippen LogP contribution in [0.2, 0.25) is 0 Å². The summed E-state index contributed by atoms with van der Waals surface area (Å²) in [6.45, 7) is 4.60. The summed E-state index contributed by atoms with van der Waals surface area (Å²) in [6.07, 6.45) is 11.4. The summed E-state index contributed by atoms with van der Waals surface area (Å²) in [5.41, 5.74) is 9.96. The molecule has 49 heavy (non-hydrogen) atoms. The largest absolute Gasteiger partial charge is 0.0738 e. The third kappa shape index (κ3) is 5.09. The van der Waals surface area contributed by atoms with Gasteiger partial charge in [-0.2, -0.15) is 0 Å². The van der Waals surface area contributed by atoms with Crippen LogP contribution < -0.4 is 0 Å². The van der Waals surface area contributed by atoms with Gasteiger partial charge in [0, 0.05) is 5.41 Å². The summed E-state index contributed by atoms with van der Waals surface area (Å²) in [6, 6.07) is 55.8. The molecule has 0 fully saturated rings. The molecular weight excluding hydrogens is 589 g/mol. The van der Waals surface area contributed by atoms with Crippen molar-refractivity contribution in [1.82, 2.24) is 0 Å². The molecule has 1 aliphatic rings. The third-order valence-corrected chi connectivity index (χ3v) is 10.3. The average molecular weight is 625 g/mol. The molecule has 8 aromatic rings. The minimum Gasteiger partial charge on any atom is -0.0738 e. The maximum atomic E-state index is 2.37. The summed E-state index contributed by atoms with van der Waals surface area (Å²) in [7, 11) is 0. The first-order valence-corrected chi connectivity index (χ1v) is 17.2. The van der Waals surface area contributed by atoms with Crippen molar-refractivity contribution >= 4 is 54.7 Å². The van der Waals surface area contributed by atoms with Gasteiger partial charge in [0.2, 0.25) is 0 Å². The highest BCUT2D eigenvalue weighted by Crippen LogP contribution is 2.39. The van der Waals surface area contributed by atoms with Crippen molar-refractivity contribution in [2.24, 2.45) is 0 Å². The lowest BCUT2D eigenvalue weighted by Crippen LogP contribution is -2.14. The smallest absolute Gasteiger partial charge is 0.00845 e. The van der Waals surface area contributed by atoms with Gasteiger partial charge in [-0.25, -0.2) is 0 Å². The summed E-state index contributed by atoms with van der Waals surface area (Å²) in [5, 5.41) is 10.2. The molecule has 0 unspecified atom stereocenters. The van der Waals surface area contributed by atoms with Crippen molar-refractivity contribution in [3.8, 4) is 22.3 Å². The second-order valence-corrected chi connectivity index (χ2v) is 13.8. The van der Waals surface area contributed by atoms with Crippen molar-refractivity contribution in [1.29, 1.82) is 0 Å². The van der Waals surface area contributed by atoms with Gasteiger partial charge in [-0.05, 0) is 106 Å². The predicted octanol–water partition coefficient (Wildman–Crippen LogP) is 13.6. The maximum absolute atomic E-state index is 2.37. The van der Waals surface area contributed by atoms with Gasteiger partial charge in [-0.3, -0.25) is 0 Å². The van der Waals surface area contributed by atoms with E-state index in [9.17, 15) is 0 Å². The Balaban J connectivity index is 1.16. The van der Waals surface area contributed by atoms with E-state index in [0.717, 1.165) is 0 Å². The molecule has 0 N–H and O–H groups in total. The van der Waals surface area contributed by atoms with E-state index in [0.29, 0.717) is 0 Å². The van der Waals surface area contributed by atoms with Crippen molar-refractivity contribution in [2.75, 3.05) is 0 Å². The quantitative estimate of drug-likeness (QED) is 0.172. The second kappa shape index (κ2) is 11.6. The molecule has 0 heterocycles. The normalized spacial score (nSPS) is 14.0. The van der Waals surface area contributed by atoms with Gasteiger partial charge in [0.1, 0.15) is 0 Å². The lowest BCUT2D eigenvalue weighted by Gasteiger charge is -2.23. The molecule has 0 radical (unpaired) electrons. The molecule has 0 aliphatic heterocycles. The summed E-state index contributed by atoms with van der Waals surface area (Å²) in [5.74, 6) is 0. The Labute approximate surface area is 288 Å². The Bertz CT molecular complexity index is 2680. The number of hydrogen-bond donors (Lipinski definition) is 0. The van der Waals surface area contributed by atoms with E-state index in [1.54, 1.807) is 0 Å². The highest BCUT2D eigenvalue weighted by Gasteiger charge is 2.20.